The SMILES string of the molecule is CCOc1ccccc1/C=C/C(=O)c1ccc(NS(=O)(=O)CC)cc1. The Morgan fingerprint density at radius 1 is 1.08 bits per heavy atom. The molecule has 2 aromatic rings. The number of hydrogen-bond donors (Lipinski definition) is 1. The number of sulfonamides is 1. The van der Waals surface area contributed by atoms with E-state index in [0.29, 0.717) is 17.9 Å². The third kappa shape index (κ3) is 5.46. The van der Waals surface area contributed by atoms with E-state index in [4.69, 9.17) is 4.74 Å². The first-order valence-corrected chi connectivity index (χ1v) is 9.65. The molecule has 0 aromatic heterocycles. The van der Waals surface area contributed by atoms with Crippen molar-refractivity contribution in [2.45, 2.75) is 13.8 Å². The Kier molecular flexibility index (Phi) is 6.36. The summed E-state index contributed by atoms with van der Waals surface area (Å²) >= 11 is 0. The third-order valence-electron chi connectivity index (χ3n) is 3.46. The maximum absolute atomic E-state index is 12.3. The first kappa shape index (κ1) is 18.7. The zero-order valence-electron chi connectivity index (χ0n) is 14.2. The molecule has 0 atom stereocenters. The highest BCUT2D eigenvalue weighted by atomic mass is 32.2. The van der Waals surface area contributed by atoms with Crippen LogP contribution in [0, 0.1) is 0 Å². The van der Waals surface area contributed by atoms with Crippen LogP contribution in [0.5, 0.6) is 5.75 Å². The van der Waals surface area contributed by atoms with Crippen molar-refractivity contribution in [2.75, 3.05) is 17.1 Å². The van der Waals surface area contributed by atoms with E-state index >= 15 is 0 Å². The molecule has 0 unspecified atom stereocenters. The van der Waals surface area contributed by atoms with E-state index in [1.807, 2.05) is 31.2 Å². The van der Waals surface area contributed by atoms with E-state index in [1.54, 1.807) is 37.3 Å². The molecular weight excluding hydrogens is 338 g/mol. The second-order valence-electron chi connectivity index (χ2n) is 5.25. The number of rotatable bonds is 8. The van der Waals surface area contributed by atoms with Gasteiger partial charge in [0.15, 0.2) is 5.78 Å². The number of benzene rings is 2. The van der Waals surface area contributed by atoms with E-state index in [9.17, 15) is 13.2 Å². The van der Waals surface area contributed by atoms with Crippen LogP contribution in [0.3, 0.4) is 0 Å². The van der Waals surface area contributed by atoms with Gasteiger partial charge in [-0.15, -0.1) is 0 Å². The summed E-state index contributed by atoms with van der Waals surface area (Å²) in [6.45, 7) is 4.01. The number of para-hydroxylation sites is 1. The van der Waals surface area contributed by atoms with E-state index in [0.717, 1.165) is 11.3 Å². The molecule has 0 aliphatic carbocycles. The van der Waals surface area contributed by atoms with E-state index in [1.165, 1.54) is 6.08 Å². The molecule has 0 spiro atoms. The van der Waals surface area contributed by atoms with Gasteiger partial charge in [0.05, 0.1) is 12.4 Å². The van der Waals surface area contributed by atoms with Crippen LogP contribution in [-0.2, 0) is 10.0 Å². The molecule has 0 saturated heterocycles. The van der Waals surface area contributed by atoms with Crippen LogP contribution in [0.2, 0.25) is 0 Å². The molecule has 0 bridgehead atoms. The lowest BCUT2D eigenvalue weighted by molar-refractivity contribution is 0.104. The van der Waals surface area contributed by atoms with Gasteiger partial charge >= 0.3 is 0 Å². The smallest absolute Gasteiger partial charge is 0.232 e. The fourth-order valence-electron chi connectivity index (χ4n) is 2.12. The average Bonchev–Trinajstić information content (AvgIpc) is 2.61. The number of anilines is 1. The summed E-state index contributed by atoms with van der Waals surface area (Å²) in [7, 11) is -3.32. The summed E-state index contributed by atoms with van der Waals surface area (Å²) in [5, 5.41) is 0. The summed E-state index contributed by atoms with van der Waals surface area (Å²) in [5.74, 6) is 0.546. The van der Waals surface area contributed by atoms with Crippen molar-refractivity contribution in [1.29, 1.82) is 0 Å². The first-order chi connectivity index (χ1) is 11.9. The van der Waals surface area contributed by atoms with Gasteiger partial charge in [-0.25, -0.2) is 8.42 Å². The van der Waals surface area contributed by atoms with Gasteiger partial charge in [-0.2, -0.15) is 0 Å². The Morgan fingerprint density at radius 3 is 2.40 bits per heavy atom. The molecule has 0 fully saturated rings. The van der Waals surface area contributed by atoms with Crippen molar-refractivity contribution in [3.8, 4) is 5.75 Å². The lowest BCUT2D eigenvalue weighted by atomic mass is 10.1. The number of carbonyl (C=O) groups is 1. The van der Waals surface area contributed by atoms with Crippen LogP contribution in [0.25, 0.3) is 6.08 Å². The fourth-order valence-corrected chi connectivity index (χ4v) is 2.76. The van der Waals surface area contributed by atoms with Gasteiger partial charge in [-0.1, -0.05) is 18.2 Å². The van der Waals surface area contributed by atoms with Gasteiger partial charge < -0.3 is 4.74 Å². The Hall–Kier alpha value is -2.60. The second-order valence-corrected chi connectivity index (χ2v) is 7.26. The fraction of sp³-hybridized carbons (Fsp3) is 0.211. The molecule has 5 nitrogen and oxygen atoms in total. The predicted octanol–water partition coefficient (Wildman–Crippen LogP) is 3.74. The van der Waals surface area contributed by atoms with Gasteiger partial charge in [0.25, 0.3) is 0 Å². The van der Waals surface area contributed by atoms with Crippen LogP contribution >= 0.6 is 0 Å². The molecule has 0 aliphatic rings. The normalized spacial score (nSPS) is 11.4. The molecule has 0 aliphatic heterocycles. The van der Waals surface area contributed by atoms with Gasteiger partial charge in [0.2, 0.25) is 10.0 Å². The molecule has 0 saturated carbocycles. The minimum absolute atomic E-state index is 0.00431. The maximum atomic E-state index is 12.3. The summed E-state index contributed by atoms with van der Waals surface area (Å²) in [4.78, 5) is 12.3. The maximum Gasteiger partial charge on any atom is 0.232 e. The Bertz CT molecular complexity index is 855. The molecule has 2 rings (SSSR count). The van der Waals surface area contributed by atoms with Gasteiger partial charge in [0, 0.05) is 16.8 Å². The van der Waals surface area contributed by atoms with Crippen LogP contribution < -0.4 is 9.46 Å². The minimum Gasteiger partial charge on any atom is -0.493 e. The molecule has 2 aromatic carbocycles. The largest absolute Gasteiger partial charge is 0.493 e. The number of carbonyl (C=O) groups excluding carboxylic acids is 1. The van der Waals surface area contributed by atoms with E-state index in [-0.39, 0.29) is 11.5 Å². The molecule has 0 amide bonds. The van der Waals surface area contributed by atoms with E-state index in [2.05, 4.69) is 4.72 Å². The van der Waals surface area contributed by atoms with Crippen LogP contribution in [0.4, 0.5) is 5.69 Å². The molecule has 6 heteroatoms. The zero-order valence-corrected chi connectivity index (χ0v) is 15.0. The molecule has 1 N–H and O–H groups in total. The van der Waals surface area contributed by atoms with Crippen molar-refractivity contribution >= 4 is 27.6 Å². The third-order valence-corrected chi connectivity index (χ3v) is 4.76. The van der Waals surface area contributed by atoms with Crippen molar-refractivity contribution in [3.63, 3.8) is 0 Å². The van der Waals surface area contributed by atoms with Crippen LogP contribution in [0.15, 0.2) is 54.6 Å². The molecule has 0 heterocycles. The van der Waals surface area contributed by atoms with Crippen molar-refractivity contribution in [1.82, 2.24) is 0 Å². The van der Waals surface area contributed by atoms with Crippen molar-refractivity contribution in [3.05, 3.63) is 65.7 Å². The number of ether oxygens (including phenoxy) is 1. The summed E-state index contributed by atoms with van der Waals surface area (Å²) in [6.07, 6.45) is 3.18. The van der Waals surface area contributed by atoms with Crippen LogP contribution in [-0.4, -0.2) is 26.6 Å². The quantitative estimate of drug-likeness (QED) is 0.576. The van der Waals surface area contributed by atoms with Gasteiger partial charge in [-0.05, 0) is 56.3 Å². The molecular formula is C19H21NO4S. The summed E-state index contributed by atoms with van der Waals surface area (Å²) < 4.78 is 31.0. The summed E-state index contributed by atoms with van der Waals surface area (Å²) in [6, 6.07) is 13.8. The highest BCUT2D eigenvalue weighted by Gasteiger charge is 2.08. The lowest BCUT2D eigenvalue weighted by Crippen LogP contribution is -2.14. The van der Waals surface area contributed by atoms with Gasteiger partial charge in [0.1, 0.15) is 5.75 Å². The second kappa shape index (κ2) is 8.48. The number of allylic oxidation sites excluding steroid dienone is 1. The monoisotopic (exact) mass is 359 g/mol. The van der Waals surface area contributed by atoms with Crippen LogP contribution in [0.1, 0.15) is 29.8 Å². The zero-order chi connectivity index (χ0) is 18.3. The first-order valence-electron chi connectivity index (χ1n) is 8.00. The Morgan fingerprint density at radius 2 is 1.76 bits per heavy atom. The molecule has 25 heavy (non-hydrogen) atoms. The molecule has 132 valence electrons. The standard InChI is InChI=1S/C19H21NO4S/c1-3-24-19-8-6-5-7-16(19)11-14-18(21)15-9-12-17(13-10-15)20-25(22,23)4-2/h5-14,20H,3-4H2,1-2H3/b14-11+. The van der Waals surface area contributed by atoms with E-state index < -0.39 is 10.0 Å². The van der Waals surface area contributed by atoms with Gasteiger partial charge in [-0.3, -0.25) is 9.52 Å². The number of ketones is 1. The number of nitrogens with one attached hydrogen (secondary N) is 1. The van der Waals surface area contributed by atoms with Crippen molar-refractivity contribution < 1.29 is 17.9 Å². The highest BCUT2D eigenvalue weighted by Crippen LogP contribution is 2.20. The predicted molar refractivity (Wildman–Crippen MR) is 101 cm³/mol. The minimum atomic E-state index is -3.32. The lowest BCUT2D eigenvalue weighted by Gasteiger charge is -2.07. The molecule has 0 radical (unpaired) electrons. The number of hydrogen-bond acceptors (Lipinski definition) is 4. The topological polar surface area (TPSA) is 72.5 Å². The summed E-state index contributed by atoms with van der Waals surface area (Å²) in [5.41, 5.74) is 1.73. The Balaban J connectivity index is 2.11. The Labute approximate surface area is 148 Å². The average molecular weight is 359 g/mol. The van der Waals surface area contributed by atoms with Crippen molar-refractivity contribution in [2.24, 2.45) is 0 Å². The highest BCUT2D eigenvalue weighted by molar-refractivity contribution is 7.92.